The summed E-state index contributed by atoms with van der Waals surface area (Å²) in [6.07, 6.45) is 3.29. The minimum atomic E-state index is -0.205. The van der Waals surface area contributed by atoms with E-state index >= 15 is 0 Å². The molecular weight excluding hydrogens is 286 g/mol. The number of amides is 1. The number of aliphatic hydroxyl groups excluding tert-OH is 1. The smallest absolute Gasteiger partial charge is 0.253 e. The van der Waals surface area contributed by atoms with E-state index in [1.54, 1.807) is 18.2 Å². The zero-order valence-corrected chi connectivity index (χ0v) is 13.0. The number of likely N-dealkylation sites (tertiary alicyclic amines) is 1. The molecule has 1 aromatic rings. The number of carbonyl (C=O) groups is 1. The first kappa shape index (κ1) is 15.9. The predicted molar refractivity (Wildman–Crippen MR) is 84.3 cm³/mol. The summed E-state index contributed by atoms with van der Waals surface area (Å²) in [6.45, 7) is 3.65. The highest BCUT2D eigenvalue weighted by Crippen LogP contribution is 2.21. The van der Waals surface area contributed by atoms with E-state index in [-0.39, 0.29) is 12.5 Å². The Bertz CT molecular complexity index is 574. The van der Waals surface area contributed by atoms with Crippen LogP contribution in [0.4, 0.5) is 0 Å². The van der Waals surface area contributed by atoms with Gasteiger partial charge >= 0.3 is 0 Å². The van der Waals surface area contributed by atoms with Crippen molar-refractivity contribution in [2.75, 3.05) is 19.7 Å². The third-order valence-corrected chi connectivity index (χ3v) is 4.13. The minimum absolute atomic E-state index is 0.0349. The van der Waals surface area contributed by atoms with Gasteiger partial charge in [-0.1, -0.05) is 30.4 Å². The van der Waals surface area contributed by atoms with Gasteiger partial charge in [-0.05, 0) is 43.4 Å². The summed E-state index contributed by atoms with van der Waals surface area (Å²) >= 11 is 6.15. The molecule has 1 aliphatic heterocycles. The molecule has 1 amide bonds. The number of hydrogen-bond donors (Lipinski definition) is 1. The summed E-state index contributed by atoms with van der Waals surface area (Å²) in [5.74, 6) is 6.04. The summed E-state index contributed by atoms with van der Waals surface area (Å²) < 4.78 is 0. The Morgan fingerprint density at radius 3 is 2.95 bits per heavy atom. The van der Waals surface area contributed by atoms with Crippen LogP contribution in [0.1, 0.15) is 42.1 Å². The first-order valence-electron chi connectivity index (χ1n) is 7.30. The summed E-state index contributed by atoms with van der Waals surface area (Å²) in [5, 5.41) is 9.15. The summed E-state index contributed by atoms with van der Waals surface area (Å²) in [6, 6.07) is 5.15. The average Bonchev–Trinajstić information content (AvgIpc) is 2.70. The highest BCUT2D eigenvalue weighted by atomic mass is 35.5. The number of rotatable bonds is 1. The molecule has 0 bridgehead atoms. The fourth-order valence-electron chi connectivity index (χ4n) is 2.53. The molecule has 4 heteroatoms. The second-order valence-corrected chi connectivity index (χ2v) is 5.89. The van der Waals surface area contributed by atoms with Gasteiger partial charge in [0.2, 0.25) is 0 Å². The molecule has 0 radical (unpaired) electrons. The Balaban J connectivity index is 2.14. The summed E-state index contributed by atoms with van der Waals surface area (Å²) in [4.78, 5) is 14.4. The minimum Gasteiger partial charge on any atom is -0.384 e. The highest BCUT2D eigenvalue weighted by Gasteiger charge is 2.20. The van der Waals surface area contributed by atoms with E-state index in [2.05, 4.69) is 18.8 Å². The molecule has 1 atom stereocenters. The van der Waals surface area contributed by atoms with E-state index in [9.17, 15) is 4.79 Å². The topological polar surface area (TPSA) is 40.5 Å². The lowest BCUT2D eigenvalue weighted by Gasteiger charge is -2.20. The largest absolute Gasteiger partial charge is 0.384 e. The Hall–Kier alpha value is -1.50. The van der Waals surface area contributed by atoms with Crippen LogP contribution in [0.5, 0.6) is 0 Å². The van der Waals surface area contributed by atoms with Gasteiger partial charge in [-0.2, -0.15) is 0 Å². The van der Waals surface area contributed by atoms with Crippen LogP contribution in [0.2, 0.25) is 5.02 Å². The third-order valence-electron chi connectivity index (χ3n) is 3.82. The first-order chi connectivity index (χ1) is 10.1. The Kier molecular flexibility index (Phi) is 5.67. The number of hydrogen-bond acceptors (Lipinski definition) is 2. The standard InChI is InChI=1S/C17H20ClNO2/c1-13-4-2-9-19(10-8-13)17(21)15-7-6-14(5-3-11-20)16(18)12-15/h6-7,12-13,20H,2,4,8-11H2,1H3. The molecule has 1 heterocycles. The van der Waals surface area contributed by atoms with Crippen molar-refractivity contribution >= 4 is 17.5 Å². The SMILES string of the molecule is CC1CCCN(C(=O)c2ccc(C#CCO)c(Cl)c2)CC1. The molecule has 1 aromatic carbocycles. The van der Waals surface area contributed by atoms with E-state index < -0.39 is 0 Å². The quantitative estimate of drug-likeness (QED) is 0.810. The van der Waals surface area contributed by atoms with Crippen LogP contribution < -0.4 is 0 Å². The molecule has 1 aliphatic rings. The zero-order chi connectivity index (χ0) is 15.2. The maximum Gasteiger partial charge on any atom is 0.253 e. The molecular formula is C17H20ClNO2. The molecule has 1 fully saturated rings. The molecule has 3 nitrogen and oxygen atoms in total. The molecule has 2 rings (SSSR count). The van der Waals surface area contributed by atoms with Crippen LogP contribution in [0, 0.1) is 17.8 Å². The monoisotopic (exact) mass is 305 g/mol. The van der Waals surface area contributed by atoms with Gasteiger partial charge in [0, 0.05) is 24.2 Å². The van der Waals surface area contributed by atoms with Crippen molar-refractivity contribution < 1.29 is 9.90 Å². The van der Waals surface area contributed by atoms with Crippen LogP contribution in [0.3, 0.4) is 0 Å². The zero-order valence-electron chi connectivity index (χ0n) is 12.2. The first-order valence-corrected chi connectivity index (χ1v) is 7.68. The van der Waals surface area contributed by atoms with Crippen molar-refractivity contribution in [2.24, 2.45) is 5.92 Å². The average molecular weight is 306 g/mol. The van der Waals surface area contributed by atoms with Gasteiger partial charge in [0.1, 0.15) is 6.61 Å². The fourth-order valence-corrected chi connectivity index (χ4v) is 2.76. The molecule has 0 aromatic heterocycles. The van der Waals surface area contributed by atoms with E-state index in [1.165, 1.54) is 6.42 Å². The third kappa shape index (κ3) is 4.23. The fraction of sp³-hybridized carbons (Fsp3) is 0.471. The van der Waals surface area contributed by atoms with Crippen molar-refractivity contribution in [3.63, 3.8) is 0 Å². The van der Waals surface area contributed by atoms with Crippen LogP contribution >= 0.6 is 11.6 Å². The maximum absolute atomic E-state index is 12.5. The lowest BCUT2D eigenvalue weighted by atomic mass is 10.0. The number of aliphatic hydroxyl groups is 1. The highest BCUT2D eigenvalue weighted by molar-refractivity contribution is 6.32. The van der Waals surface area contributed by atoms with E-state index in [1.807, 2.05) is 4.90 Å². The molecule has 0 aliphatic carbocycles. The van der Waals surface area contributed by atoms with Crippen LogP contribution in [-0.4, -0.2) is 35.6 Å². The van der Waals surface area contributed by atoms with Gasteiger partial charge in [-0.25, -0.2) is 0 Å². The normalized spacial score (nSPS) is 18.6. The van der Waals surface area contributed by atoms with Crippen LogP contribution in [-0.2, 0) is 0 Å². The van der Waals surface area contributed by atoms with E-state index in [0.29, 0.717) is 22.1 Å². The Morgan fingerprint density at radius 1 is 1.43 bits per heavy atom. The molecule has 0 spiro atoms. The van der Waals surface area contributed by atoms with Crippen molar-refractivity contribution in [3.8, 4) is 11.8 Å². The van der Waals surface area contributed by atoms with Gasteiger partial charge in [-0.3, -0.25) is 4.79 Å². The second kappa shape index (κ2) is 7.49. The van der Waals surface area contributed by atoms with Gasteiger partial charge in [0.05, 0.1) is 5.02 Å². The van der Waals surface area contributed by atoms with E-state index in [0.717, 1.165) is 25.9 Å². The van der Waals surface area contributed by atoms with Gasteiger partial charge in [-0.15, -0.1) is 0 Å². The van der Waals surface area contributed by atoms with Crippen molar-refractivity contribution in [1.82, 2.24) is 4.90 Å². The number of halogens is 1. The van der Waals surface area contributed by atoms with Gasteiger partial charge in [0.25, 0.3) is 5.91 Å². The second-order valence-electron chi connectivity index (χ2n) is 5.48. The number of carbonyl (C=O) groups excluding carboxylic acids is 1. The maximum atomic E-state index is 12.5. The molecule has 1 unspecified atom stereocenters. The molecule has 112 valence electrons. The van der Waals surface area contributed by atoms with Crippen LogP contribution in [0.25, 0.3) is 0 Å². The Morgan fingerprint density at radius 2 is 2.24 bits per heavy atom. The molecule has 0 saturated carbocycles. The lowest BCUT2D eigenvalue weighted by molar-refractivity contribution is 0.0760. The van der Waals surface area contributed by atoms with Gasteiger partial charge in [0.15, 0.2) is 0 Å². The van der Waals surface area contributed by atoms with Crippen molar-refractivity contribution in [3.05, 3.63) is 34.3 Å². The Labute approximate surface area is 130 Å². The lowest BCUT2D eigenvalue weighted by Crippen LogP contribution is -2.32. The summed E-state index contributed by atoms with van der Waals surface area (Å²) in [7, 11) is 0. The van der Waals surface area contributed by atoms with E-state index in [4.69, 9.17) is 16.7 Å². The number of benzene rings is 1. The van der Waals surface area contributed by atoms with Crippen molar-refractivity contribution in [2.45, 2.75) is 26.2 Å². The predicted octanol–water partition coefficient (Wildman–Crippen LogP) is 2.95. The summed E-state index contributed by atoms with van der Waals surface area (Å²) in [5.41, 5.74) is 1.23. The molecule has 1 N–H and O–H groups in total. The van der Waals surface area contributed by atoms with Crippen LogP contribution in [0.15, 0.2) is 18.2 Å². The number of nitrogens with zero attached hydrogens (tertiary/aromatic N) is 1. The van der Waals surface area contributed by atoms with Crippen molar-refractivity contribution in [1.29, 1.82) is 0 Å². The molecule has 21 heavy (non-hydrogen) atoms. The molecule has 1 saturated heterocycles. The van der Waals surface area contributed by atoms with Gasteiger partial charge < -0.3 is 10.0 Å².